The fourth-order valence-electron chi connectivity index (χ4n) is 2.19. The molecule has 98 valence electrons. The number of hydrogen-bond acceptors (Lipinski definition) is 5. The van der Waals surface area contributed by atoms with E-state index in [-0.39, 0.29) is 0 Å². The van der Waals surface area contributed by atoms with Gasteiger partial charge in [0.1, 0.15) is 0 Å². The van der Waals surface area contributed by atoms with Crippen molar-refractivity contribution in [2.45, 2.75) is 43.9 Å². The first-order valence-corrected chi connectivity index (χ1v) is 7.61. The summed E-state index contributed by atoms with van der Waals surface area (Å²) in [6.45, 7) is 4.37. The highest BCUT2D eigenvalue weighted by Crippen LogP contribution is 2.37. The SMILES string of the molecule is Cc1ccnc(NC2CCN(SC3CC3)CC2)n1. The molecule has 1 saturated carbocycles. The summed E-state index contributed by atoms with van der Waals surface area (Å²) in [5, 5.41) is 4.38. The van der Waals surface area contributed by atoms with E-state index in [0.29, 0.717) is 6.04 Å². The maximum absolute atomic E-state index is 4.40. The lowest BCUT2D eigenvalue weighted by Gasteiger charge is -2.31. The van der Waals surface area contributed by atoms with Gasteiger partial charge in [0, 0.05) is 36.3 Å². The molecule has 0 aromatic carbocycles. The van der Waals surface area contributed by atoms with Crippen molar-refractivity contribution < 1.29 is 0 Å². The standard InChI is InChI=1S/C13H20N4S/c1-10-4-7-14-13(15-10)16-11-5-8-17(9-6-11)18-12-2-3-12/h4,7,11-12H,2-3,5-6,8-9H2,1H3,(H,14,15,16). The molecule has 2 heterocycles. The molecule has 1 aromatic rings. The molecule has 0 spiro atoms. The van der Waals surface area contributed by atoms with Gasteiger partial charge in [-0.05, 0) is 38.7 Å². The minimum Gasteiger partial charge on any atom is -0.351 e. The number of aryl methyl sites for hydroxylation is 1. The molecule has 0 unspecified atom stereocenters. The third kappa shape index (κ3) is 3.36. The summed E-state index contributed by atoms with van der Waals surface area (Å²) in [5.74, 6) is 0.781. The largest absolute Gasteiger partial charge is 0.351 e. The topological polar surface area (TPSA) is 41.1 Å². The zero-order chi connectivity index (χ0) is 12.4. The average Bonchev–Trinajstić information content (AvgIpc) is 3.16. The number of nitrogens with one attached hydrogen (secondary N) is 1. The Morgan fingerprint density at radius 2 is 2.06 bits per heavy atom. The molecule has 0 amide bonds. The Kier molecular flexibility index (Phi) is 3.70. The summed E-state index contributed by atoms with van der Waals surface area (Å²) in [6.07, 6.45) is 7.04. The smallest absolute Gasteiger partial charge is 0.223 e. The Balaban J connectivity index is 1.47. The van der Waals surface area contributed by atoms with Crippen LogP contribution in [0.4, 0.5) is 5.95 Å². The first kappa shape index (κ1) is 12.2. The van der Waals surface area contributed by atoms with Crippen molar-refractivity contribution in [3.63, 3.8) is 0 Å². The van der Waals surface area contributed by atoms with Crippen LogP contribution in [0.2, 0.25) is 0 Å². The van der Waals surface area contributed by atoms with Crippen LogP contribution in [0.15, 0.2) is 12.3 Å². The van der Waals surface area contributed by atoms with Gasteiger partial charge in [-0.1, -0.05) is 11.9 Å². The van der Waals surface area contributed by atoms with Gasteiger partial charge in [0.05, 0.1) is 0 Å². The van der Waals surface area contributed by atoms with Gasteiger partial charge < -0.3 is 5.32 Å². The van der Waals surface area contributed by atoms with Crippen LogP contribution in [0.3, 0.4) is 0 Å². The van der Waals surface area contributed by atoms with E-state index in [4.69, 9.17) is 0 Å². The molecule has 2 fully saturated rings. The van der Waals surface area contributed by atoms with Gasteiger partial charge in [-0.15, -0.1) is 0 Å². The average molecular weight is 264 g/mol. The van der Waals surface area contributed by atoms with E-state index >= 15 is 0 Å². The first-order valence-electron chi connectivity index (χ1n) is 6.77. The summed E-state index contributed by atoms with van der Waals surface area (Å²) in [5.41, 5.74) is 1.02. The Morgan fingerprint density at radius 1 is 1.28 bits per heavy atom. The summed E-state index contributed by atoms with van der Waals surface area (Å²) >= 11 is 2.07. The Hall–Kier alpha value is -0.810. The minimum absolute atomic E-state index is 0.530. The number of hydrogen-bond donors (Lipinski definition) is 1. The third-order valence-corrected chi connectivity index (χ3v) is 4.84. The molecule has 0 bridgehead atoms. The predicted octanol–water partition coefficient (Wildman–Crippen LogP) is 2.47. The number of rotatable bonds is 4. The van der Waals surface area contributed by atoms with E-state index in [1.165, 1.54) is 38.8 Å². The first-order chi connectivity index (χ1) is 8.79. The maximum Gasteiger partial charge on any atom is 0.223 e. The Bertz CT molecular complexity index is 400. The van der Waals surface area contributed by atoms with Crippen molar-refractivity contribution in [3.8, 4) is 0 Å². The van der Waals surface area contributed by atoms with Gasteiger partial charge in [0.25, 0.3) is 0 Å². The van der Waals surface area contributed by atoms with Gasteiger partial charge in [-0.25, -0.2) is 9.97 Å². The van der Waals surface area contributed by atoms with Crippen LogP contribution in [0.25, 0.3) is 0 Å². The van der Waals surface area contributed by atoms with Crippen LogP contribution in [0, 0.1) is 6.92 Å². The fourth-order valence-corrected chi connectivity index (χ4v) is 3.38. The van der Waals surface area contributed by atoms with Gasteiger partial charge in [0.2, 0.25) is 5.95 Å². The van der Waals surface area contributed by atoms with Crippen LogP contribution >= 0.6 is 11.9 Å². The number of anilines is 1. The van der Waals surface area contributed by atoms with Gasteiger partial charge >= 0.3 is 0 Å². The molecule has 1 aromatic heterocycles. The second-order valence-corrected chi connectivity index (χ2v) is 6.57. The van der Waals surface area contributed by atoms with Crippen LogP contribution in [0.1, 0.15) is 31.4 Å². The zero-order valence-electron chi connectivity index (χ0n) is 10.8. The van der Waals surface area contributed by atoms with E-state index in [1.54, 1.807) is 0 Å². The molecule has 18 heavy (non-hydrogen) atoms. The normalized spacial score (nSPS) is 22.1. The quantitative estimate of drug-likeness (QED) is 0.846. The fraction of sp³-hybridized carbons (Fsp3) is 0.692. The van der Waals surface area contributed by atoms with Crippen molar-refractivity contribution >= 4 is 17.9 Å². The van der Waals surface area contributed by atoms with Crippen molar-refractivity contribution in [1.29, 1.82) is 0 Å². The molecule has 2 aliphatic rings. The summed E-state index contributed by atoms with van der Waals surface area (Å²) in [6, 6.07) is 2.46. The molecular weight excluding hydrogens is 244 g/mol. The zero-order valence-corrected chi connectivity index (χ0v) is 11.6. The van der Waals surface area contributed by atoms with Crippen molar-refractivity contribution in [2.75, 3.05) is 18.4 Å². The van der Waals surface area contributed by atoms with E-state index < -0.39 is 0 Å². The van der Waals surface area contributed by atoms with Crippen molar-refractivity contribution in [1.82, 2.24) is 14.3 Å². The molecule has 1 aliphatic heterocycles. The van der Waals surface area contributed by atoms with Crippen molar-refractivity contribution in [3.05, 3.63) is 18.0 Å². The Morgan fingerprint density at radius 3 is 2.72 bits per heavy atom. The van der Waals surface area contributed by atoms with Crippen LogP contribution in [-0.4, -0.2) is 38.7 Å². The molecule has 1 aliphatic carbocycles. The summed E-state index contributed by atoms with van der Waals surface area (Å²) < 4.78 is 2.53. The molecule has 5 heteroatoms. The van der Waals surface area contributed by atoms with E-state index in [2.05, 4.69) is 31.5 Å². The van der Waals surface area contributed by atoms with Crippen LogP contribution in [-0.2, 0) is 0 Å². The van der Waals surface area contributed by atoms with Gasteiger partial charge in [-0.2, -0.15) is 0 Å². The highest BCUT2D eigenvalue weighted by Gasteiger charge is 2.28. The van der Waals surface area contributed by atoms with Crippen LogP contribution in [0.5, 0.6) is 0 Å². The summed E-state index contributed by atoms with van der Waals surface area (Å²) in [7, 11) is 0. The lowest BCUT2D eigenvalue weighted by Crippen LogP contribution is -2.36. The molecule has 4 nitrogen and oxygen atoms in total. The molecule has 1 N–H and O–H groups in total. The van der Waals surface area contributed by atoms with Gasteiger partial charge in [0.15, 0.2) is 0 Å². The maximum atomic E-state index is 4.40. The third-order valence-electron chi connectivity index (χ3n) is 3.40. The van der Waals surface area contributed by atoms with Gasteiger partial charge in [-0.3, -0.25) is 4.31 Å². The van der Waals surface area contributed by atoms with E-state index in [0.717, 1.165) is 16.9 Å². The van der Waals surface area contributed by atoms with E-state index in [9.17, 15) is 0 Å². The monoisotopic (exact) mass is 264 g/mol. The Labute approximate surface area is 113 Å². The van der Waals surface area contributed by atoms with Crippen LogP contribution < -0.4 is 5.32 Å². The molecule has 0 atom stereocenters. The number of nitrogens with zero attached hydrogens (tertiary/aromatic N) is 3. The summed E-state index contributed by atoms with van der Waals surface area (Å²) in [4.78, 5) is 8.67. The highest BCUT2D eigenvalue weighted by molar-refractivity contribution is 7.97. The van der Waals surface area contributed by atoms with Crippen molar-refractivity contribution in [2.24, 2.45) is 0 Å². The lowest BCUT2D eigenvalue weighted by atomic mass is 10.1. The minimum atomic E-state index is 0.530. The second-order valence-electron chi connectivity index (χ2n) is 5.17. The van der Waals surface area contributed by atoms with E-state index in [1.807, 2.05) is 19.2 Å². The predicted molar refractivity (Wildman–Crippen MR) is 75.6 cm³/mol. The molecule has 3 rings (SSSR count). The lowest BCUT2D eigenvalue weighted by molar-refractivity contribution is 0.357. The molecule has 0 radical (unpaired) electrons. The molecular formula is C13H20N4S. The number of aromatic nitrogens is 2. The highest BCUT2D eigenvalue weighted by atomic mass is 32.2. The second kappa shape index (κ2) is 5.45. The number of piperidine rings is 1. The molecule has 1 saturated heterocycles.